The maximum atomic E-state index is 12.5. The third-order valence-corrected chi connectivity index (χ3v) is 6.60. The molecule has 0 saturated carbocycles. The normalized spacial score (nSPS) is 18.6. The second-order valence-electron chi connectivity index (χ2n) is 9.17. The van der Waals surface area contributed by atoms with Crippen molar-refractivity contribution in [3.8, 4) is 11.5 Å². The molecule has 1 aromatic heterocycles. The molecule has 36 heavy (non-hydrogen) atoms. The van der Waals surface area contributed by atoms with Gasteiger partial charge in [-0.2, -0.15) is 15.0 Å². The van der Waals surface area contributed by atoms with E-state index in [2.05, 4.69) is 22.1 Å². The minimum Gasteiger partial charge on any atom is -0.457 e. The molecule has 9 heteroatoms. The molecule has 2 aliphatic rings. The van der Waals surface area contributed by atoms with Gasteiger partial charge in [0.1, 0.15) is 18.1 Å². The Morgan fingerprint density at radius 2 is 1.67 bits per heavy atom. The molecule has 2 aliphatic heterocycles. The third kappa shape index (κ3) is 5.35. The number of anilines is 3. The van der Waals surface area contributed by atoms with Crippen LogP contribution in [0.2, 0.25) is 0 Å². The van der Waals surface area contributed by atoms with Crippen molar-refractivity contribution in [1.29, 1.82) is 0 Å². The molecule has 0 unspecified atom stereocenters. The third-order valence-electron chi connectivity index (χ3n) is 6.60. The van der Waals surface area contributed by atoms with Crippen molar-refractivity contribution < 1.29 is 14.3 Å². The number of hydrogen-bond acceptors (Lipinski definition) is 8. The van der Waals surface area contributed by atoms with Crippen LogP contribution in [0.3, 0.4) is 0 Å². The number of piperidine rings is 1. The highest BCUT2D eigenvalue weighted by Gasteiger charge is 2.36. The Bertz CT molecular complexity index is 1170. The number of nitrogens with zero attached hydrogens (tertiary/aromatic N) is 5. The Morgan fingerprint density at radius 1 is 0.972 bits per heavy atom. The predicted molar refractivity (Wildman–Crippen MR) is 139 cm³/mol. The number of ether oxygens (including phenoxy) is 2. The molecular formula is C27H32N6O3. The summed E-state index contributed by atoms with van der Waals surface area (Å²) in [5.74, 6) is 2.93. The zero-order valence-electron chi connectivity index (χ0n) is 20.8. The second kappa shape index (κ2) is 10.8. The van der Waals surface area contributed by atoms with Crippen LogP contribution in [0.25, 0.3) is 0 Å². The summed E-state index contributed by atoms with van der Waals surface area (Å²) in [4.78, 5) is 30.3. The number of carbonyl (C=O) groups is 1. The number of nitrogens with one attached hydrogen (secondary N) is 1. The highest BCUT2D eigenvalue weighted by Crippen LogP contribution is 2.28. The Hall–Kier alpha value is -3.88. The number of rotatable bonds is 8. The summed E-state index contributed by atoms with van der Waals surface area (Å²) in [6.07, 6.45) is 3.75. The number of benzene rings is 2. The molecule has 2 saturated heterocycles. The van der Waals surface area contributed by atoms with Gasteiger partial charge in [0, 0.05) is 13.1 Å². The molecule has 3 heterocycles. The first-order valence-electron chi connectivity index (χ1n) is 12.7. The van der Waals surface area contributed by atoms with Gasteiger partial charge in [0.2, 0.25) is 17.8 Å². The molecule has 2 atom stereocenters. The molecule has 0 aliphatic carbocycles. The zero-order chi connectivity index (χ0) is 24.9. The van der Waals surface area contributed by atoms with Crippen LogP contribution in [0.1, 0.15) is 51.1 Å². The molecule has 0 spiro atoms. The van der Waals surface area contributed by atoms with Gasteiger partial charge in [-0.05, 0) is 62.4 Å². The lowest BCUT2D eigenvalue weighted by atomic mass is 10.1. The highest BCUT2D eigenvalue weighted by molar-refractivity contribution is 5.88. The maximum absolute atomic E-state index is 12.5. The summed E-state index contributed by atoms with van der Waals surface area (Å²) in [6.45, 7) is 6.21. The van der Waals surface area contributed by atoms with Crippen LogP contribution in [0.4, 0.5) is 22.6 Å². The minimum absolute atomic E-state index is 0.0762. The zero-order valence-corrected chi connectivity index (χ0v) is 20.8. The molecule has 3 aromatic rings. The van der Waals surface area contributed by atoms with E-state index < -0.39 is 6.09 Å². The first kappa shape index (κ1) is 23.8. The smallest absolute Gasteiger partial charge is 0.417 e. The molecule has 9 nitrogen and oxygen atoms in total. The summed E-state index contributed by atoms with van der Waals surface area (Å²) in [5.41, 5.74) is 1.06. The van der Waals surface area contributed by atoms with E-state index in [0.29, 0.717) is 24.5 Å². The molecular weight excluding hydrogens is 456 g/mol. The quantitative estimate of drug-likeness (QED) is 0.440. The number of aromatic nitrogens is 3. The van der Waals surface area contributed by atoms with E-state index in [4.69, 9.17) is 19.4 Å². The number of para-hydroxylation sites is 1. The number of amides is 1. The average molecular weight is 489 g/mol. The SMILES string of the molecule is CC[C@H]1COC(=O)N1c1nc(N[C@@H](C)c2ccc(Oc3ccccc3)cc2)nc(N2CCCCC2)n1. The van der Waals surface area contributed by atoms with E-state index in [1.807, 2.05) is 61.5 Å². The van der Waals surface area contributed by atoms with Gasteiger partial charge >= 0.3 is 6.09 Å². The second-order valence-corrected chi connectivity index (χ2v) is 9.17. The van der Waals surface area contributed by atoms with Crippen molar-refractivity contribution >= 4 is 23.9 Å². The van der Waals surface area contributed by atoms with Crippen LogP contribution >= 0.6 is 0 Å². The molecule has 2 aromatic carbocycles. The highest BCUT2D eigenvalue weighted by atomic mass is 16.6. The van der Waals surface area contributed by atoms with Gasteiger partial charge < -0.3 is 19.7 Å². The van der Waals surface area contributed by atoms with Crippen molar-refractivity contribution in [3.63, 3.8) is 0 Å². The predicted octanol–water partition coefficient (Wildman–Crippen LogP) is 5.56. The lowest BCUT2D eigenvalue weighted by Crippen LogP contribution is -2.36. The monoisotopic (exact) mass is 488 g/mol. The van der Waals surface area contributed by atoms with E-state index in [1.165, 1.54) is 6.42 Å². The average Bonchev–Trinajstić information content (AvgIpc) is 3.30. The van der Waals surface area contributed by atoms with Crippen LogP contribution in [0.15, 0.2) is 54.6 Å². The van der Waals surface area contributed by atoms with Crippen molar-refractivity contribution in [1.82, 2.24) is 15.0 Å². The summed E-state index contributed by atoms with van der Waals surface area (Å²) >= 11 is 0. The fraction of sp³-hybridized carbons (Fsp3) is 0.407. The van der Waals surface area contributed by atoms with Gasteiger partial charge in [-0.25, -0.2) is 9.69 Å². The Balaban J connectivity index is 1.37. The van der Waals surface area contributed by atoms with Gasteiger partial charge in [0.25, 0.3) is 0 Å². The van der Waals surface area contributed by atoms with Crippen LogP contribution in [-0.2, 0) is 4.74 Å². The van der Waals surface area contributed by atoms with Crippen LogP contribution < -0.4 is 19.9 Å². The van der Waals surface area contributed by atoms with Crippen molar-refractivity contribution in [3.05, 3.63) is 60.2 Å². The standard InChI is InChI=1S/C27H32N6O3/c1-3-21-18-35-27(34)33(21)26-30-24(29-25(31-26)32-16-8-5-9-17-32)28-19(2)20-12-14-23(15-13-20)36-22-10-6-4-7-11-22/h4,6-7,10-15,19,21H,3,5,8-9,16-18H2,1-2H3,(H,28,29,30,31)/t19-,21-/m0/s1. The van der Waals surface area contributed by atoms with Crippen molar-refractivity contribution in [2.45, 2.75) is 51.6 Å². The Labute approximate surface area is 211 Å². The molecule has 1 N–H and O–H groups in total. The summed E-state index contributed by atoms with van der Waals surface area (Å²) < 4.78 is 11.2. The van der Waals surface area contributed by atoms with E-state index in [1.54, 1.807) is 4.90 Å². The minimum atomic E-state index is -0.411. The van der Waals surface area contributed by atoms with Crippen LogP contribution in [-0.4, -0.2) is 46.8 Å². The van der Waals surface area contributed by atoms with Crippen molar-refractivity contribution in [2.24, 2.45) is 0 Å². The first-order valence-corrected chi connectivity index (χ1v) is 12.7. The topological polar surface area (TPSA) is 92.7 Å². The van der Waals surface area contributed by atoms with E-state index in [0.717, 1.165) is 49.4 Å². The summed E-state index contributed by atoms with van der Waals surface area (Å²) in [7, 11) is 0. The lowest BCUT2D eigenvalue weighted by Gasteiger charge is -2.28. The summed E-state index contributed by atoms with van der Waals surface area (Å²) in [5, 5.41) is 3.41. The summed E-state index contributed by atoms with van der Waals surface area (Å²) in [6, 6.07) is 17.5. The molecule has 0 bridgehead atoms. The molecule has 1 amide bonds. The molecule has 5 rings (SSSR count). The van der Waals surface area contributed by atoms with Gasteiger partial charge in [-0.1, -0.05) is 37.3 Å². The largest absolute Gasteiger partial charge is 0.457 e. The van der Waals surface area contributed by atoms with E-state index >= 15 is 0 Å². The lowest BCUT2D eigenvalue weighted by molar-refractivity contribution is 0.178. The molecule has 2 fully saturated rings. The van der Waals surface area contributed by atoms with E-state index in [-0.39, 0.29) is 12.1 Å². The number of carbonyl (C=O) groups excluding carboxylic acids is 1. The van der Waals surface area contributed by atoms with Crippen LogP contribution in [0, 0.1) is 0 Å². The van der Waals surface area contributed by atoms with Crippen molar-refractivity contribution in [2.75, 3.05) is 34.8 Å². The fourth-order valence-electron chi connectivity index (χ4n) is 4.49. The Morgan fingerprint density at radius 3 is 2.39 bits per heavy atom. The van der Waals surface area contributed by atoms with Gasteiger partial charge in [-0.3, -0.25) is 0 Å². The van der Waals surface area contributed by atoms with E-state index in [9.17, 15) is 4.79 Å². The van der Waals surface area contributed by atoms with Gasteiger partial charge in [0.05, 0.1) is 12.1 Å². The molecule has 188 valence electrons. The van der Waals surface area contributed by atoms with Gasteiger partial charge in [-0.15, -0.1) is 0 Å². The fourth-order valence-corrected chi connectivity index (χ4v) is 4.49. The Kier molecular flexibility index (Phi) is 7.16. The number of cyclic esters (lactones) is 1. The maximum Gasteiger partial charge on any atom is 0.417 e. The first-order chi connectivity index (χ1) is 17.6. The van der Waals surface area contributed by atoms with Gasteiger partial charge in [0.15, 0.2) is 0 Å². The van der Waals surface area contributed by atoms with Crippen LogP contribution in [0.5, 0.6) is 11.5 Å². The molecule has 0 radical (unpaired) electrons. The number of hydrogen-bond donors (Lipinski definition) is 1.